The van der Waals surface area contributed by atoms with Crippen molar-refractivity contribution in [1.29, 1.82) is 0 Å². The van der Waals surface area contributed by atoms with Crippen molar-refractivity contribution in [3.05, 3.63) is 53.6 Å². The van der Waals surface area contributed by atoms with Crippen LogP contribution in [0.3, 0.4) is 0 Å². The summed E-state index contributed by atoms with van der Waals surface area (Å²) in [5, 5.41) is 11.3. The molecule has 1 heterocycles. The van der Waals surface area contributed by atoms with E-state index < -0.39 is 23.3 Å². The van der Waals surface area contributed by atoms with Crippen molar-refractivity contribution in [2.45, 2.75) is 6.42 Å². The van der Waals surface area contributed by atoms with E-state index in [2.05, 4.69) is 10.3 Å². The Morgan fingerprint density at radius 3 is 2.67 bits per heavy atom. The number of halogens is 1. The first-order chi connectivity index (χ1) is 9.95. The van der Waals surface area contributed by atoms with Gasteiger partial charge in [-0.25, -0.2) is 9.18 Å². The molecule has 2 aromatic rings. The molecule has 1 aromatic carbocycles. The molecule has 0 fully saturated rings. The molecule has 21 heavy (non-hydrogen) atoms. The van der Waals surface area contributed by atoms with Crippen molar-refractivity contribution in [3.8, 4) is 0 Å². The number of nitrogens with one attached hydrogen (secondary N) is 1. The summed E-state index contributed by atoms with van der Waals surface area (Å²) in [6.45, 7) is 0. The van der Waals surface area contributed by atoms with Gasteiger partial charge in [0.2, 0.25) is 5.91 Å². The lowest BCUT2D eigenvalue weighted by Crippen LogP contribution is -2.15. The fourth-order valence-electron chi connectivity index (χ4n) is 1.68. The summed E-state index contributed by atoms with van der Waals surface area (Å²) in [7, 11) is 0. The number of anilines is 2. The maximum Gasteiger partial charge on any atom is 0.338 e. The summed E-state index contributed by atoms with van der Waals surface area (Å²) in [6.07, 6.45) is 1.43. The molecule has 2 rings (SSSR count). The number of nitrogens with zero attached hydrogens (tertiary/aromatic N) is 1. The Labute approximate surface area is 119 Å². The first-order valence-electron chi connectivity index (χ1n) is 5.99. The van der Waals surface area contributed by atoms with Gasteiger partial charge in [-0.1, -0.05) is 0 Å². The standard InChI is InChI=1S/C14H12FN3O3/c15-12-4-3-10(5-11(12)14(20)21)18-13(19)6-9-2-1-8(16)7-17-9/h1-5,7H,6,16H2,(H,18,19)(H,20,21). The van der Waals surface area contributed by atoms with E-state index >= 15 is 0 Å². The second kappa shape index (κ2) is 6.00. The average Bonchev–Trinajstić information content (AvgIpc) is 2.43. The van der Waals surface area contributed by atoms with Crippen LogP contribution in [0.1, 0.15) is 16.1 Å². The monoisotopic (exact) mass is 289 g/mol. The maximum atomic E-state index is 13.2. The Balaban J connectivity index is 2.07. The lowest BCUT2D eigenvalue weighted by Gasteiger charge is -2.06. The van der Waals surface area contributed by atoms with E-state index in [9.17, 15) is 14.0 Å². The lowest BCUT2D eigenvalue weighted by atomic mass is 10.2. The van der Waals surface area contributed by atoms with Crippen LogP contribution in [0.25, 0.3) is 0 Å². The smallest absolute Gasteiger partial charge is 0.338 e. The maximum absolute atomic E-state index is 13.2. The van der Waals surface area contributed by atoms with Gasteiger partial charge >= 0.3 is 5.97 Å². The van der Waals surface area contributed by atoms with Crippen LogP contribution >= 0.6 is 0 Å². The van der Waals surface area contributed by atoms with Crippen molar-refractivity contribution >= 4 is 23.3 Å². The van der Waals surface area contributed by atoms with Crippen LogP contribution in [0.2, 0.25) is 0 Å². The second-order valence-electron chi connectivity index (χ2n) is 4.31. The number of carboxylic acid groups (broad SMARTS) is 1. The molecule has 4 N–H and O–H groups in total. The zero-order chi connectivity index (χ0) is 15.4. The molecule has 0 unspecified atom stereocenters. The SMILES string of the molecule is Nc1ccc(CC(=O)Nc2ccc(F)c(C(=O)O)c2)nc1. The minimum Gasteiger partial charge on any atom is -0.478 e. The topological polar surface area (TPSA) is 105 Å². The molecular weight excluding hydrogens is 277 g/mol. The largest absolute Gasteiger partial charge is 0.478 e. The molecule has 108 valence electrons. The zero-order valence-electron chi connectivity index (χ0n) is 10.8. The van der Waals surface area contributed by atoms with Crippen LogP contribution in [0.4, 0.5) is 15.8 Å². The summed E-state index contributed by atoms with van der Waals surface area (Å²) in [5.74, 6) is -2.65. The number of aromatic nitrogens is 1. The zero-order valence-corrected chi connectivity index (χ0v) is 10.8. The molecule has 7 heteroatoms. The first-order valence-corrected chi connectivity index (χ1v) is 5.99. The number of amides is 1. The molecule has 0 spiro atoms. The minimum atomic E-state index is -1.40. The Bertz CT molecular complexity index is 686. The number of hydrogen-bond acceptors (Lipinski definition) is 4. The van der Waals surface area contributed by atoms with E-state index in [4.69, 9.17) is 10.8 Å². The van der Waals surface area contributed by atoms with Gasteiger partial charge < -0.3 is 16.2 Å². The fourth-order valence-corrected chi connectivity index (χ4v) is 1.68. The molecule has 0 saturated carbocycles. The van der Waals surface area contributed by atoms with Gasteiger partial charge in [-0.3, -0.25) is 9.78 Å². The quantitative estimate of drug-likeness (QED) is 0.794. The van der Waals surface area contributed by atoms with Gasteiger partial charge in [-0.2, -0.15) is 0 Å². The summed E-state index contributed by atoms with van der Waals surface area (Å²) in [5.41, 5.74) is 6.19. The summed E-state index contributed by atoms with van der Waals surface area (Å²) in [6, 6.07) is 6.57. The molecular formula is C14H12FN3O3. The minimum absolute atomic E-state index is 0.0000607. The number of carboxylic acids is 1. The Morgan fingerprint density at radius 2 is 2.05 bits per heavy atom. The van der Waals surface area contributed by atoms with Crippen LogP contribution in [-0.4, -0.2) is 22.0 Å². The van der Waals surface area contributed by atoms with Crippen molar-refractivity contribution in [3.63, 3.8) is 0 Å². The Morgan fingerprint density at radius 1 is 1.29 bits per heavy atom. The van der Waals surface area contributed by atoms with Crippen LogP contribution in [-0.2, 0) is 11.2 Å². The summed E-state index contributed by atoms with van der Waals surface area (Å²) in [4.78, 5) is 26.6. The number of nitrogen functional groups attached to an aromatic ring is 1. The molecule has 0 atom stereocenters. The average molecular weight is 289 g/mol. The Hall–Kier alpha value is -2.96. The van der Waals surface area contributed by atoms with Crippen LogP contribution in [0.5, 0.6) is 0 Å². The van der Waals surface area contributed by atoms with Crippen LogP contribution in [0, 0.1) is 5.82 Å². The highest BCUT2D eigenvalue weighted by molar-refractivity contribution is 5.94. The number of carbonyl (C=O) groups is 2. The highest BCUT2D eigenvalue weighted by Gasteiger charge is 2.12. The first kappa shape index (κ1) is 14.4. The molecule has 0 saturated heterocycles. The van der Waals surface area contributed by atoms with Crippen molar-refractivity contribution in [2.24, 2.45) is 0 Å². The second-order valence-corrected chi connectivity index (χ2v) is 4.31. The van der Waals surface area contributed by atoms with Gasteiger partial charge in [0.05, 0.1) is 23.9 Å². The molecule has 6 nitrogen and oxygen atoms in total. The van der Waals surface area contributed by atoms with Crippen LogP contribution < -0.4 is 11.1 Å². The number of hydrogen-bond donors (Lipinski definition) is 3. The number of aromatic carboxylic acids is 1. The predicted molar refractivity (Wildman–Crippen MR) is 74.3 cm³/mol. The van der Waals surface area contributed by atoms with E-state index in [0.29, 0.717) is 11.4 Å². The van der Waals surface area contributed by atoms with Crippen molar-refractivity contribution in [1.82, 2.24) is 4.98 Å². The van der Waals surface area contributed by atoms with E-state index in [1.807, 2.05) is 0 Å². The number of benzene rings is 1. The highest BCUT2D eigenvalue weighted by atomic mass is 19.1. The molecule has 0 aliphatic carbocycles. The number of rotatable bonds is 4. The molecule has 0 aliphatic heterocycles. The molecule has 0 aliphatic rings. The van der Waals surface area contributed by atoms with E-state index in [0.717, 1.165) is 12.1 Å². The molecule has 1 amide bonds. The third-order valence-corrected chi connectivity index (χ3v) is 2.67. The number of pyridine rings is 1. The van der Waals surface area contributed by atoms with Gasteiger partial charge in [-0.05, 0) is 30.3 Å². The van der Waals surface area contributed by atoms with E-state index in [-0.39, 0.29) is 12.1 Å². The third-order valence-electron chi connectivity index (χ3n) is 2.67. The van der Waals surface area contributed by atoms with Gasteiger partial charge in [0.15, 0.2) is 0 Å². The summed E-state index contributed by atoms with van der Waals surface area (Å²) >= 11 is 0. The van der Waals surface area contributed by atoms with E-state index in [1.54, 1.807) is 12.1 Å². The van der Waals surface area contributed by atoms with Crippen LogP contribution in [0.15, 0.2) is 36.5 Å². The Kier molecular flexibility index (Phi) is 4.13. The number of carbonyl (C=O) groups excluding carboxylic acids is 1. The van der Waals surface area contributed by atoms with Gasteiger partial charge in [-0.15, -0.1) is 0 Å². The van der Waals surface area contributed by atoms with Gasteiger partial charge in [0.1, 0.15) is 5.82 Å². The summed E-state index contributed by atoms with van der Waals surface area (Å²) < 4.78 is 13.2. The lowest BCUT2D eigenvalue weighted by molar-refractivity contribution is -0.115. The van der Waals surface area contributed by atoms with Crippen molar-refractivity contribution < 1.29 is 19.1 Å². The van der Waals surface area contributed by atoms with E-state index in [1.165, 1.54) is 12.3 Å². The van der Waals surface area contributed by atoms with Gasteiger partial charge in [0, 0.05) is 11.4 Å². The third kappa shape index (κ3) is 3.75. The number of nitrogens with two attached hydrogens (primary N) is 1. The van der Waals surface area contributed by atoms with Gasteiger partial charge in [0.25, 0.3) is 0 Å². The predicted octanol–water partition coefficient (Wildman–Crippen LogP) is 1.68. The molecule has 0 radical (unpaired) electrons. The van der Waals surface area contributed by atoms with Crippen molar-refractivity contribution in [2.75, 3.05) is 11.1 Å². The highest BCUT2D eigenvalue weighted by Crippen LogP contribution is 2.15. The molecule has 0 bridgehead atoms. The normalized spacial score (nSPS) is 10.1. The molecule has 1 aromatic heterocycles. The fraction of sp³-hybridized carbons (Fsp3) is 0.0714.